The van der Waals surface area contributed by atoms with Crippen LogP contribution in [0.5, 0.6) is 0 Å². The minimum atomic E-state index is -4.08. The van der Waals surface area contributed by atoms with Gasteiger partial charge in [0.05, 0.1) is 10.6 Å². The van der Waals surface area contributed by atoms with E-state index in [9.17, 15) is 18.0 Å². The lowest BCUT2D eigenvalue weighted by Gasteiger charge is -2.34. The summed E-state index contributed by atoms with van der Waals surface area (Å²) in [7, 11) is -4.08. The molecule has 7 nitrogen and oxygen atoms in total. The van der Waals surface area contributed by atoms with Crippen molar-refractivity contribution in [2.75, 3.05) is 17.4 Å². The zero-order chi connectivity index (χ0) is 28.6. The summed E-state index contributed by atoms with van der Waals surface area (Å²) in [5, 5.41) is 2.91. The number of aryl methyl sites for hydroxylation is 3. The summed E-state index contributed by atoms with van der Waals surface area (Å²) in [4.78, 5) is 28.9. The maximum absolute atomic E-state index is 14.1. The molecule has 0 aromatic heterocycles. The van der Waals surface area contributed by atoms with Crippen LogP contribution < -0.4 is 9.62 Å². The van der Waals surface area contributed by atoms with Crippen molar-refractivity contribution in [3.8, 4) is 0 Å². The highest BCUT2D eigenvalue weighted by Crippen LogP contribution is 2.28. The average Bonchev–Trinajstić information content (AvgIpc) is 2.93. The van der Waals surface area contributed by atoms with Crippen molar-refractivity contribution in [3.05, 3.63) is 95.1 Å². The van der Waals surface area contributed by atoms with Crippen LogP contribution in [-0.2, 0) is 26.2 Å². The molecule has 3 rings (SSSR count). The van der Waals surface area contributed by atoms with E-state index < -0.39 is 28.5 Å². The Kier molecular flexibility index (Phi) is 10.3. The Hall–Kier alpha value is -3.65. The first-order valence-electron chi connectivity index (χ1n) is 13.4. The fourth-order valence-corrected chi connectivity index (χ4v) is 5.97. The lowest BCUT2D eigenvalue weighted by Crippen LogP contribution is -2.52. The van der Waals surface area contributed by atoms with Crippen molar-refractivity contribution in [2.45, 2.75) is 64.9 Å². The van der Waals surface area contributed by atoms with Crippen molar-refractivity contribution in [2.24, 2.45) is 0 Å². The molecule has 0 aliphatic carbocycles. The van der Waals surface area contributed by atoms with Crippen LogP contribution in [0.1, 0.15) is 48.9 Å². The quantitative estimate of drug-likeness (QED) is 0.339. The maximum atomic E-state index is 14.1. The van der Waals surface area contributed by atoms with Gasteiger partial charge < -0.3 is 10.2 Å². The molecule has 2 amide bonds. The van der Waals surface area contributed by atoms with Crippen LogP contribution in [0, 0.1) is 20.8 Å². The Balaban J connectivity index is 2.09. The number of nitrogens with zero attached hydrogens (tertiary/aromatic N) is 2. The van der Waals surface area contributed by atoms with E-state index in [1.54, 1.807) is 24.3 Å². The van der Waals surface area contributed by atoms with E-state index in [1.165, 1.54) is 21.3 Å². The minimum absolute atomic E-state index is 0.0943. The molecular formula is C31H39N3O4S. The molecule has 0 bridgehead atoms. The number of hydrogen-bond donors (Lipinski definition) is 1. The molecule has 1 atom stereocenters. The van der Waals surface area contributed by atoms with Gasteiger partial charge in [-0.25, -0.2) is 8.42 Å². The standard InChI is InChI=1S/C31H39N3O4S/c1-6-19-32-31(36)28(7-2)33(21-26-14-12-11-13-24(26)4)30(35)22-34(29-20-23(3)17-18-25(29)5)39(37,38)27-15-9-8-10-16-27/h8-18,20,28H,6-7,19,21-22H2,1-5H3,(H,32,36)/t28-/m1/s1. The van der Waals surface area contributed by atoms with Crippen LogP contribution in [0.3, 0.4) is 0 Å². The third-order valence-electron chi connectivity index (χ3n) is 6.78. The summed E-state index contributed by atoms with van der Waals surface area (Å²) >= 11 is 0. The maximum Gasteiger partial charge on any atom is 0.264 e. The first-order chi connectivity index (χ1) is 18.6. The number of anilines is 1. The Bertz CT molecular complexity index is 1390. The average molecular weight is 550 g/mol. The molecule has 0 radical (unpaired) electrons. The lowest BCUT2D eigenvalue weighted by molar-refractivity contribution is -0.140. The van der Waals surface area contributed by atoms with Crippen LogP contribution in [0.25, 0.3) is 0 Å². The largest absolute Gasteiger partial charge is 0.354 e. The topological polar surface area (TPSA) is 86.8 Å². The first-order valence-corrected chi connectivity index (χ1v) is 14.8. The van der Waals surface area contributed by atoms with E-state index in [0.29, 0.717) is 18.7 Å². The lowest BCUT2D eigenvalue weighted by atomic mass is 10.1. The molecule has 0 aliphatic rings. The number of benzene rings is 3. The predicted octanol–water partition coefficient (Wildman–Crippen LogP) is 5.14. The number of carbonyl (C=O) groups is 2. The molecule has 0 saturated heterocycles. The van der Waals surface area contributed by atoms with E-state index in [2.05, 4.69) is 5.32 Å². The Morgan fingerprint density at radius 1 is 0.872 bits per heavy atom. The predicted molar refractivity (Wildman–Crippen MR) is 156 cm³/mol. The van der Waals surface area contributed by atoms with Crippen LogP contribution in [0.15, 0.2) is 77.7 Å². The number of rotatable bonds is 12. The summed E-state index contributed by atoms with van der Waals surface area (Å²) in [5.74, 6) is -0.692. The number of carbonyl (C=O) groups excluding carboxylic acids is 2. The van der Waals surface area contributed by atoms with Gasteiger partial charge in [0.15, 0.2) is 0 Å². The van der Waals surface area contributed by atoms with Gasteiger partial charge in [0, 0.05) is 13.1 Å². The van der Waals surface area contributed by atoms with Gasteiger partial charge in [0.1, 0.15) is 12.6 Å². The van der Waals surface area contributed by atoms with Gasteiger partial charge in [-0.1, -0.05) is 68.4 Å². The molecule has 208 valence electrons. The summed E-state index contributed by atoms with van der Waals surface area (Å²) in [6, 6.07) is 20.6. The van der Waals surface area contributed by atoms with Gasteiger partial charge in [-0.15, -0.1) is 0 Å². The van der Waals surface area contributed by atoms with Crippen molar-refractivity contribution in [1.82, 2.24) is 10.2 Å². The monoisotopic (exact) mass is 549 g/mol. The second kappa shape index (κ2) is 13.4. The molecule has 0 heterocycles. The highest BCUT2D eigenvalue weighted by atomic mass is 32.2. The van der Waals surface area contributed by atoms with Crippen LogP contribution in [-0.4, -0.2) is 44.3 Å². The third-order valence-corrected chi connectivity index (χ3v) is 8.55. The van der Waals surface area contributed by atoms with Crippen LogP contribution >= 0.6 is 0 Å². The SMILES string of the molecule is CCCNC(=O)[C@@H](CC)N(Cc1ccccc1C)C(=O)CN(c1cc(C)ccc1C)S(=O)(=O)c1ccccc1. The van der Waals surface area contributed by atoms with Crippen LogP contribution in [0.4, 0.5) is 5.69 Å². The zero-order valence-electron chi connectivity index (χ0n) is 23.5. The van der Waals surface area contributed by atoms with Gasteiger partial charge >= 0.3 is 0 Å². The van der Waals surface area contributed by atoms with E-state index in [-0.39, 0.29) is 17.3 Å². The molecule has 0 aliphatic heterocycles. The molecule has 0 fully saturated rings. The second-order valence-electron chi connectivity index (χ2n) is 9.78. The molecule has 0 saturated carbocycles. The van der Waals surface area contributed by atoms with E-state index in [4.69, 9.17) is 0 Å². The molecule has 0 spiro atoms. The number of nitrogens with one attached hydrogen (secondary N) is 1. The van der Waals surface area contributed by atoms with Crippen molar-refractivity contribution in [1.29, 1.82) is 0 Å². The molecular weight excluding hydrogens is 510 g/mol. The Morgan fingerprint density at radius 2 is 1.54 bits per heavy atom. The first kappa shape index (κ1) is 29.9. The van der Waals surface area contributed by atoms with Gasteiger partial charge in [-0.2, -0.15) is 0 Å². The molecule has 0 unspecified atom stereocenters. The van der Waals surface area contributed by atoms with Crippen LogP contribution in [0.2, 0.25) is 0 Å². The van der Waals surface area contributed by atoms with Crippen molar-refractivity contribution >= 4 is 27.5 Å². The molecule has 3 aromatic carbocycles. The second-order valence-corrected chi connectivity index (χ2v) is 11.6. The van der Waals surface area contributed by atoms with E-state index >= 15 is 0 Å². The number of hydrogen-bond acceptors (Lipinski definition) is 4. The van der Waals surface area contributed by atoms with Gasteiger partial charge in [0.2, 0.25) is 11.8 Å². The smallest absolute Gasteiger partial charge is 0.264 e. The zero-order valence-corrected chi connectivity index (χ0v) is 24.3. The molecule has 8 heteroatoms. The van der Waals surface area contributed by atoms with Gasteiger partial charge in [-0.3, -0.25) is 13.9 Å². The molecule has 39 heavy (non-hydrogen) atoms. The fourth-order valence-electron chi connectivity index (χ4n) is 4.48. The van der Waals surface area contributed by atoms with Gasteiger partial charge in [-0.05, 0) is 74.1 Å². The van der Waals surface area contributed by atoms with Crippen molar-refractivity contribution < 1.29 is 18.0 Å². The highest BCUT2D eigenvalue weighted by molar-refractivity contribution is 7.92. The van der Waals surface area contributed by atoms with Crippen molar-refractivity contribution in [3.63, 3.8) is 0 Å². The van der Waals surface area contributed by atoms with E-state index in [1.807, 2.05) is 71.0 Å². The number of amides is 2. The summed E-state index contributed by atoms with van der Waals surface area (Å²) in [5.41, 5.74) is 3.93. The normalized spacial score (nSPS) is 12.0. The highest BCUT2D eigenvalue weighted by Gasteiger charge is 2.34. The Morgan fingerprint density at radius 3 is 2.18 bits per heavy atom. The molecule has 3 aromatic rings. The third kappa shape index (κ3) is 7.26. The summed E-state index contributed by atoms with van der Waals surface area (Å²) in [6.45, 7) is 9.74. The molecule has 1 N–H and O–H groups in total. The minimum Gasteiger partial charge on any atom is -0.354 e. The fraction of sp³-hybridized carbons (Fsp3) is 0.355. The van der Waals surface area contributed by atoms with E-state index in [0.717, 1.165) is 28.7 Å². The Labute approximate surface area is 232 Å². The summed E-state index contributed by atoms with van der Waals surface area (Å²) < 4.78 is 29.1. The summed E-state index contributed by atoms with van der Waals surface area (Å²) in [6.07, 6.45) is 1.16. The van der Waals surface area contributed by atoms with Gasteiger partial charge in [0.25, 0.3) is 10.0 Å². The number of sulfonamides is 1.